The molecule has 0 heterocycles. The highest BCUT2D eigenvalue weighted by molar-refractivity contribution is 7.90. The molecule has 5 heteroatoms. The van der Waals surface area contributed by atoms with Crippen LogP contribution in [0.2, 0.25) is 0 Å². The Kier molecular flexibility index (Phi) is 5.42. The number of hydrogen-bond acceptors (Lipinski definition) is 3. The van der Waals surface area contributed by atoms with Gasteiger partial charge in [-0.15, -0.1) is 0 Å². The number of amides is 1. The highest BCUT2D eigenvalue weighted by Gasteiger charge is 2.25. The highest BCUT2D eigenvalue weighted by Crippen LogP contribution is 2.28. The Balaban J connectivity index is 2.43. The maximum Gasteiger partial charge on any atom is 0.230 e. The topological polar surface area (TPSA) is 54.5 Å². The fraction of sp³-hybridized carbons (Fsp3) is 0.389. The molecule has 4 nitrogen and oxygen atoms in total. The van der Waals surface area contributed by atoms with E-state index >= 15 is 0 Å². The van der Waals surface area contributed by atoms with E-state index in [1.54, 1.807) is 11.8 Å². The van der Waals surface area contributed by atoms with E-state index in [2.05, 4.69) is 0 Å². The molecule has 124 valence electrons. The Labute approximate surface area is 138 Å². The second-order valence-electron chi connectivity index (χ2n) is 5.98. The number of nitrogens with zero attached hydrogens (tertiary/aromatic N) is 1. The molecule has 0 aromatic heterocycles. The predicted molar refractivity (Wildman–Crippen MR) is 95.5 cm³/mol. The van der Waals surface area contributed by atoms with E-state index in [9.17, 15) is 13.2 Å². The van der Waals surface area contributed by atoms with Crippen molar-refractivity contribution < 1.29 is 13.2 Å². The van der Waals surface area contributed by atoms with Crippen molar-refractivity contribution in [3.05, 3.63) is 42.5 Å². The van der Waals surface area contributed by atoms with E-state index in [1.165, 1.54) is 6.26 Å². The van der Waals surface area contributed by atoms with Crippen molar-refractivity contribution in [2.24, 2.45) is 5.92 Å². The third-order valence-electron chi connectivity index (χ3n) is 3.74. The number of carbonyl (C=O) groups is 1. The van der Waals surface area contributed by atoms with Gasteiger partial charge >= 0.3 is 0 Å². The Morgan fingerprint density at radius 1 is 1.13 bits per heavy atom. The number of benzene rings is 2. The van der Waals surface area contributed by atoms with Gasteiger partial charge in [0.05, 0.1) is 11.4 Å². The Morgan fingerprint density at radius 3 is 2.43 bits per heavy atom. The normalized spacial score (nSPS) is 13.0. The quantitative estimate of drug-likeness (QED) is 0.815. The summed E-state index contributed by atoms with van der Waals surface area (Å²) in [6.07, 6.45) is 1.97. The molecule has 0 aliphatic carbocycles. The van der Waals surface area contributed by atoms with E-state index in [1.807, 2.05) is 49.4 Å². The van der Waals surface area contributed by atoms with Gasteiger partial charge in [0.15, 0.2) is 0 Å². The number of sulfone groups is 1. The van der Waals surface area contributed by atoms with Crippen LogP contribution in [0.3, 0.4) is 0 Å². The van der Waals surface area contributed by atoms with Gasteiger partial charge in [0, 0.05) is 24.1 Å². The van der Waals surface area contributed by atoms with Crippen molar-refractivity contribution in [2.45, 2.75) is 20.3 Å². The zero-order valence-electron chi connectivity index (χ0n) is 13.8. The van der Waals surface area contributed by atoms with Crippen LogP contribution in [0, 0.1) is 5.92 Å². The fourth-order valence-electron chi connectivity index (χ4n) is 2.81. The molecule has 1 atom stereocenters. The van der Waals surface area contributed by atoms with Gasteiger partial charge < -0.3 is 4.90 Å². The molecule has 0 saturated heterocycles. The number of fused-ring (bicyclic) bond motifs is 1. The van der Waals surface area contributed by atoms with Crippen molar-refractivity contribution in [2.75, 3.05) is 23.5 Å². The summed E-state index contributed by atoms with van der Waals surface area (Å²) in [6.45, 7) is 4.25. The minimum absolute atomic E-state index is 0.128. The first-order valence-electron chi connectivity index (χ1n) is 7.80. The Morgan fingerprint density at radius 2 is 1.78 bits per heavy atom. The lowest BCUT2D eigenvalue weighted by molar-refractivity contribution is -0.121. The third kappa shape index (κ3) is 4.32. The Hall–Kier alpha value is -1.88. The van der Waals surface area contributed by atoms with Crippen molar-refractivity contribution in [1.82, 2.24) is 0 Å². The maximum atomic E-state index is 12.8. The average molecular weight is 333 g/mol. The summed E-state index contributed by atoms with van der Waals surface area (Å²) in [4.78, 5) is 14.5. The van der Waals surface area contributed by atoms with Crippen LogP contribution in [-0.4, -0.2) is 32.9 Å². The van der Waals surface area contributed by atoms with Crippen LogP contribution in [-0.2, 0) is 14.6 Å². The van der Waals surface area contributed by atoms with Crippen LogP contribution >= 0.6 is 0 Å². The molecule has 1 unspecified atom stereocenters. The minimum Gasteiger partial charge on any atom is -0.312 e. The fourth-order valence-corrected chi connectivity index (χ4v) is 3.86. The summed E-state index contributed by atoms with van der Waals surface area (Å²) < 4.78 is 23.0. The van der Waals surface area contributed by atoms with Crippen molar-refractivity contribution in [1.29, 1.82) is 0 Å². The van der Waals surface area contributed by atoms with Crippen LogP contribution in [0.25, 0.3) is 10.8 Å². The number of rotatable bonds is 6. The third-order valence-corrected chi connectivity index (χ3v) is 4.85. The zero-order valence-corrected chi connectivity index (χ0v) is 14.6. The SMILES string of the molecule is CCCN(C(=O)C(C)CS(C)(=O)=O)c1cccc2ccccc12. The molecule has 0 N–H and O–H groups in total. The van der Waals surface area contributed by atoms with E-state index in [4.69, 9.17) is 0 Å². The summed E-state index contributed by atoms with van der Waals surface area (Å²) in [5.74, 6) is -0.833. The summed E-state index contributed by atoms with van der Waals surface area (Å²) in [5, 5.41) is 2.07. The molecule has 0 spiro atoms. The molecular formula is C18H23NO3S. The highest BCUT2D eigenvalue weighted by atomic mass is 32.2. The summed E-state index contributed by atoms with van der Waals surface area (Å²) >= 11 is 0. The lowest BCUT2D eigenvalue weighted by atomic mass is 10.1. The number of hydrogen-bond donors (Lipinski definition) is 0. The predicted octanol–water partition coefficient (Wildman–Crippen LogP) is 3.26. The molecular weight excluding hydrogens is 310 g/mol. The van der Waals surface area contributed by atoms with Gasteiger partial charge in [-0.1, -0.05) is 50.2 Å². The maximum absolute atomic E-state index is 12.8. The summed E-state index contributed by atoms with van der Waals surface area (Å²) in [6, 6.07) is 13.8. The monoisotopic (exact) mass is 333 g/mol. The van der Waals surface area contributed by atoms with Crippen LogP contribution in [0.1, 0.15) is 20.3 Å². The Bertz CT molecular complexity index is 794. The van der Waals surface area contributed by atoms with Crippen LogP contribution in [0.5, 0.6) is 0 Å². The molecule has 1 amide bonds. The smallest absolute Gasteiger partial charge is 0.230 e. The molecule has 2 aromatic rings. The molecule has 0 aliphatic heterocycles. The lowest BCUT2D eigenvalue weighted by Crippen LogP contribution is -2.38. The van der Waals surface area contributed by atoms with Gasteiger partial charge in [-0.3, -0.25) is 4.79 Å². The molecule has 0 fully saturated rings. The van der Waals surface area contributed by atoms with Crippen molar-refractivity contribution >= 4 is 32.2 Å². The number of carbonyl (C=O) groups excluding carboxylic acids is 1. The molecule has 2 rings (SSSR count). The van der Waals surface area contributed by atoms with E-state index < -0.39 is 15.8 Å². The van der Waals surface area contributed by atoms with E-state index in [0.717, 1.165) is 22.9 Å². The number of anilines is 1. The van der Waals surface area contributed by atoms with Crippen LogP contribution in [0.15, 0.2) is 42.5 Å². The molecule has 0 radical (unpaired) electrons. The van der Waals surface area contributed by atoms with Gasteiger partial charge in [-0.05, 0) is 17.9 Å². The molecule has 0 aliphatic rings. The summed E-state index contributed by atoms with van der Waals surface area (Å²) in [5.41, 5.74) is 0.843. The minimum atomic E-state index is -3.19. The molecule has 23 heavy (non-hydrogen) atoms. The zero-order chi connectivity index (χ0) is 17.0. The van der Waals surface area contributed by atoms with Crippen LogP contribution in [0.4, 0.5) is 5.69 Å². The first-order valence-corrected chi connectivity index (χ1v) is 9.86. The van der Waals surface area contributed by atoms with Gasteiger partial charge in [-0.2, -0.15) is 0 Å². The van der Waals surface area contributed by atoms with E-state index in [-0.39, 0.29) is 11.7 Å². The van der Waals surface area contributed by atoms with Crippen molar-refractivity contribution in [3.63, 3.8) is 0 Å². The molecule has 0 bridgehead atoms. The summed E-state index contributed by atoms with van der Waals surface area (Å²) in [7, 11) is -3.19. The van der Waals surface area contributed by atoms with Crippen LogP contribution < -0.4 is 4.90 Å². The molecule has 2 aromatic carbocycles. The van der Waals surface area contributed by atoms with E-state index in [0.29, 0.717) is 6.54 Å². The first-order chi connectivity index (χ1) is 10.8. The first kappa shape index (κ1) is 17.5. The largest absolute Gasteiger partial charge is 0.312 e. The lowest BCUT2D eigenvalue weighted by Gasteiger charge is -2.26. The average Bonchev–Trinajstić information content (AvgIpc) is 2.50. The van der Waals surface area contributed by atoms with Crippen molar-refractivity contribution in [3.8, 4) is 0 Å². The van der Waals surface area contributed by atoms with Gasteiger partial charge in [0.25, 0.3) is 0 Å². The van der Waals surface area contributed by atoms with Gasteiger partial charge in [0.2, 0.25) is 5.91 Å². The second-order valence-corrected chi connectivity index (χ2v) is 8.17. The van der Waals surface area contributed by atoms with Gasteiger partial charge in [0.1, 0.15) is 9.84 Å². The second kappa shape index (κ2) is 7.13. The standard InChI is InChI=1S/C18H23NO3S/c1-4-12-19(18(20)14(2)13-23(3,21)22)17-11-7-9-15-8-5-6-10-16(15)17/h5-11,14H,4,12-13H2,1-3H3. The van der Waals surface area contributed by atoms with Gasteiger partial charge in [-0.25, -0.2) is 8.42 Å². The molecule has 0 saturated carbocycles.